The fourth-order valence-electron chi connectivity index (χ4n) is 2.37. The third-order valence-electron chi connectivity index (χ3n) is 3.24. The predicted molar refractivity (Wildman–Crippen MR) is 73.6 cm³/mol. The summed E-state index contributed by atoms with van der Waals surface area (Å²) in [5.74, 6) is 0.198. The minimum Gasteiger partial charge on any atom is -0.369 e. The molecule has 1 unspecified atom stereocenters. The zero-order valence-corrected chi connectivity index (χ0v) is 11.5. The molecule has 1 aliphatic heterocycles. The number of rotatable bonds is 4. The lowest BCUT2D eigenvalue weighted by Gasteiger charge is -2.21. The van der Waals surface area contributed by atoms with Gasteiger partial charge in [0, 0.05) is 19.1 Å². The van der Waals surface area contributed by atoms with Gasteiger partial charge in [0.25, 0.3) is 0 Å². The molecule has 100 valence electrons. The van der Waals surface area contributed by atoms with Crippen LogP contribution in [0.2, 0.25) is 0 Å². The molecule has 0 aliphatic carbocycles. The molecular formula is C13H20N2O2S. The molecule has 1 atom stereocenters. The van der Waals surface area contributed by atoms with Crippen LogP contribution < -0.4 is 10.6 Å². The molecule has 0 spiro atoms. The van der Waals surface area contributed by atoms with E-state index in [9.17, 15) is 8.42 Å². The maximum Gasteiger partial charge on any atom is 0.180 e. The fourth-order valence-corrected chi connectivity index (χ4v) is 3.93. The van der Waals surface area contributed by atoms with Crippen LogP contribution in [-0.4, -0.2) is 33.3 Å². The van der Waals surface area contributed by atoms with Gasteiger partial charge in [0.15, 0.2) is 9.84 Å². The van der Waals surface area contributed by atoms with Gasteiger partial charge < -0.3 is 10.6 Å². The molecule has 1 aromatic carbocycles. The average molecular weight is 268 g/mol. The number of anilines is 1. The third kappa shape index (κ3) is 2.67. The number of hydrogen-bond acceptors (Lipinski definition) is 4. The van der Waals surface area contributed by atoms with E-state index in [2.05, 4.69) is 4.90 Å². The van der Waals surface area contributed by atoms with Gasteiger partial charge in [-0.25, -0.2) is 8.42 Å². The molecule has 5 heteroatoms. The molecule has 18 heavy (non-hydrogen) atoms. The van der Waals surface area contributed by atoms with Crippen molar-refractivity contribution in [3.05, 3.63) is 24.3 Å². The van der Waals surface area contributed by atoms with Crippen LogP contribution in [0, 0.1) is 0 Å². The van der Waals surface area contributed by atoms with Gasteiger partial charge in [-0.3, -0.25) is 0 Å². The number of sulfone groups is 1. The minimum absolute atomic E-state index is 0.145. The van der Waals surface area contributed by atoms with Gasteiger partial charge >= 0.3 is 0 Å². The van der Waals surface area contributed by atoms with E-state index < -0.39 is 9.84 Å². The van der Waals surface area contributed by atoms with Crippen molar-refractivity contribution in [1.82, 2.24) is 0 Å². The lowest BCUT2D eigenvalue weighted by atomic mass is 10.3. The molecule has 0 bridgehead atoms. The van der Waals surface area contributed by atoms with E-state index in [1.54, 1.807) is 12.1 Å². The molecule has 4 nitrogen and oxygen atoms in total. The topological polar surface area (TPSA) is 63.4 Å². The maximum atomic E-state index is 12.2. The first-order valence-electron chi connectivity index (χ1n) is 6.37. The van der Waals surface area contributed by atoms with Crippen LogP contribution in [0.25, 0.3) is 0 Å². The van der Waals surface area contributed by atoms with Gasteiger partial charge in [0.1, 0.15) is 0 Å². The van der Waals surface area contributed by atoms with Crippen molar-refractivity contribution in [2.75, 3.05) is 23.7 Å². The largest absolute Gasteiger partial charge is 0.369 e. The van der Waals surface area contributed by atoms with E-state index in [0.29, 0.717) is 11.3 Å². The Hall–Kier alpha value is -1.07. The lowest BCUT2D eigenvalue weighted by Crippen LogP contribution is -2.27. The summed E-state index contributed by atoms with van der Waals surface area (Å²) in [6.45, 7) is 3.45. The van der Waals surface area contributed by atoms with Crippen LogP contribution in [-0.2, 0) is 9.84 Å². The van der Waals surface area contributed by atoms with Crippen LogP contribution in [0.1, 0.15) is 19.8 Å². The van der Waals surface area contributed by atoms with E-state index in [0.717, 1.165) is 25.2 Å². The van der Waals surface area contributed by atoms with Gasteiger partial charge in [-0.1, -0.05) is 19.1 Å². The highest BCUT2D eigenvalue weighted by Crippen LogP contribution is 2.28. The summed E-state index contributed by atoms with van der Waals surface area (Å²) in [5.41, 5.74) is 6.69. The Kier molecular flexibility index (Phi) is 3.92. The lowest BCUT2D eigenvalue weighted by molar-refractivity contribution is 0.594. The third-order valence-corrected chi connectivity index (χ3v) is 5.20. The molecule has 0 amide bonds. The molecule has 1 fully saturated rings. The van der Waals surface area contributed by atoms with E-state index in [-0.39, 0.29) is 11.8 Å². The van der Waals surface area contributed by atoms with Crippen LogP contribution in [0.15, 0.2) is 29.2 Å². The highest BCUT2D eigenvalue weighted by atomic mass is 32.2. The Morgan fingerprint density at radius 1 is 1.39 bits per heavy atom. The number of nitrogens with zero attached hydrogens (tertiary/aromatic N) is 1. The summed E-state index contributed by atoms with van der Waals surface area (Å²) in [6, 6.07) is 7.38. The Labute approximate surface area is 109 Å². The zero-order valence-electron chi connectivity index (χ0n) is 10.7. The van der Waals surface area contributed by atoms with E-state index in [4.69, 9.17) is 5.73 Å². The maximum absolute atomic E-state index is 12.2. The Balaban J connectivity index is 2.37. The van der Waals surface area contributed by atoms with E-state index in [1.807, 2.05) is 19.1 Å². The first-order chi connectivity index (χ1) is 8.54. The molecule has 1 aliphatic rings. The SMILES string of the molecule is CCCS(=O)(=O)c1ccccc1N1CCC(N)C1. The van der Waals surface area contributed by atoms with Crippen LogP contribution in [0.5, 0.6) is 0 Å². The molecule has 0 saturated carbocycles. The molecule has 1 saturated heterocycles. The van der Waals surface area contributed by atoms with Crippen molar-refractivity contribution in [1.29, 1.82) is 0 Å². The van der Waals surface area contributed by atoms with Crippen molar-refractivity contribution in [2.24, 2.45) is 5.73 Å². The molecule has 2 rings (SSSR count). The number of benzene rings is 1. The second-order valence-corrected chi connectivity index (χ2v) is 6.86. The van der Waals surface area contributed by atoms with Gasteiger partial charge in [0.05, 0.1) is 16.3 Å². The van der Waals surface area contributed by atoms with Gasteiger partial charge in [-0.2, -0.15) is 0 Å². The summed E-state index contributed by atoms with van der Waals surface area (Å²) in [6.07, 6.45) is 1.55. The molecule has 1 aromatic rings. The minimum atomic E-state index is -3.18. The van der Waals surface area contributed by atoms with Crippen molar-refractivity contribution < 1.29 is 8.42 Å². The highest BCUT2D eigenvalue weighted by Gasteiger charge is 2.25. The number of para-hydroxylation sites is 1. The van der Waals surface area contributed by atoms with Crippen molar-refractivity contribution in [2.45, 2.75) is 30.7 Å². The zero-order chi connectivity index (χ0) is 13.2. The highest BCUT2D eigenvalue weighted by molar-refractivity contribution is 7.91. The first-order valence-corrected chi connectivity index (χ1v) is 8.02. The first kappa shape index (κ1) is 13.4. The van der Waals surface area contributed by atoms with Crippen molar-refractivity contribution in [3.63, 3.8) is 0 Å². The molecule has 0 radical (unpaired) electrons. The summed E-state index contributed by atoms with van der Waals surface area (Å²) in [5, 5.41) is 0. The van der Waals surface area contributed by atoms with Crippen molar-refractivity contribution >= 4 is 15.5 Å². The molecule has 0 aromatic heterocycles. The second kappa shape index (κ2) is 5.28. The standard InChI is InChI=1S/C13H20N2O2S/c1-2-9-18(16,17)13-6-4-3-5-12(13)15-8-7-11(14)10-15/h3-6,11H,2,7-10,14H2,1H3. The fraction of sp³-hybridized carbons (Fsp3) is 0.538. The number of nitrogens with two attached hydrogens (primary N) is 1. The average Bonchev–Trinajstić information content (AvgIpc) is 2.76. The Morgan fingerprint density at radius 2 is 2.11 bits per heavy atom. The Bertz CT molecular complexity index is 513. The van der Waals surface area contributed by atoms with Gasteiger partial charge in [0.2, 0.25) is 0 Å². The Morgan fingerprint density at radius 3 is 2.72 bits per heavy atom. The van der Waals surface area contributed by atoms with Crippen LogP contribution >= 0.6 is 0 Å². The molecule has 1 heterocycles. The summed E-state index contributed by atoms with van der Waals surface area (Å²) in [7, 11) is -3.18. The van der Waals surface area contributed by atoms with Crippen molar-refractivity contribution in [3.8, 4) is 0 Å². The number of hydrogen-bond donors (Lipinski definition) is 1. The van der Waals surface area contributed by atoms with Gasteiger partial charge in [-0.15, -0.1) is 0 Å². The smallest absolute Gasteiger partial charge is 0.180 e. The normalized spacial score (nSPS) is 20.3. The quantitative estimate of drug-likeness (QED) is 0.896. The summed E-state index contributed by atoms with van der Waals surface area (Å²) in [4.78, 5) is 2.52. The second-order valence-electron chi connectivity index (χ2n) is 4.78. The molecular weight excluding hydrogens is 248 g/mol. The van der Waals surface area contributed by atoms with E-state index in [1.165, 1.54) is 0 Å². The van der Waals surface area contributed by atoms with E-state index >= 15 is 0 Å². The van der Waals surface area contributed by atoms with Gasteiger partial charge in [-0.05, 0) is 25.0 Å². The van der Waals surface area contributed by atoms with Crippen LogP contribution in [0.4, 0.5) is 5.69 Å². The van der Waals surface area contributed by atoms with Crippen LogP contribution in [0.3, 0.4) is 0 Å². The summed E-state index contributed by atoms with van der Waals surface area (Å²) < 4.78 is 24.5. The predicted octanol–water partition coefficient (Wildman–Crippen LogP) is 1.41. The molecule has 2 N–H and O–H groups in total. The summed E-state index contributed by atoms with van der Waals surface area (Å²) >= 11 is 0. The monoisotopic (exact) mass is 268 g/mol.